The van der Waals surface area contributed by atoms with Gasteiger partial charge in [0.2, 0.25) is 0 Å². The van der Waals surface area contributed by atoms with Crippen molar-refractivity contribution < 1.29 is 8.85 Å². The fraction of sp³-hybridized carbons (Fsp3) is 0.833. The standard InChI is InChI=1S/C12H22O2Si/c1-9-10-5-6-11(7-10)12(9)8-15(4,13-2)14-3/h10-11H,5-8H2,1-4H3. The molecule has 2 aliphatic rings. The van der Waals surface area contributed by atoms with Crippen LogP contribution in [-0.2, 0) is 8.85 Å². The minimum Gasteiger partial charge on any atom is -0.398 e. The minimum absolute atomic E-state index is 0.854. The maximum Gasteiger partial charge on any atom is 0.338 e. The van der Waals surface area contributed by atoms with Crippen molar-refractivity contribution in [1.29, 1.82) is 0 Å². The van der Waals surface area contributed by atoms with Crippen LogP contribution in [0.5, 0.6) is 0 Å². The second-order valence-corrected chi connectivity index (χ2v) is 8.57. The molecular weight excluding hydrogens is 204 g/mol. The lowest BCUT2D eigenvalue weighted by Crippen LogP contribution is -2.37. The van der Waals surface area contributed by atoms with Crippen molar-refractivity contribution in [3.8, 4) is 0 Å². The van der Waals surface area contributed by atoms with Crippen molar-refractivity contribution in [1.82, 2.24) is 0 Å². The quantitative estimate of drug-likeness (QED) is 0.542. The summed E-state index contributed by atoms with van der Waals surface area (Å²) in [6.07, 6.45) is 4.21. The van der Waals surface area contributed by atoms with Crippen LogP contribution in [-0.4, -0.2) is 22.8 Å². The lowest BCUT2D eigenvalue weighted by atomic mass is 9.94. The molecule has 0 aliphatic heterocycles. The lowest BCUT2D eigenvalue weighted by molar-refractivity contribution is 0.251. The highest BCUT2D eigenvalue weighted by Crippen LogP contribution is 2.50. The third kappa shape index (κ3) is 1.93. The predicted octanol–water partition coefficient (Wildman–Crippen LogP) is 3.10. The van der Waals surface area contributed by atoms with Crippen molar-refractivity contribution in [2.75, 3.05) is 14.2 Å². The average Bonchev–Trinajstić information content (AvgIpc) is 2.82. The van der Waals surface area contributed by atoms with Gasteiger partial charge in [0.25, 0.3) is 0 Å². The lowest BCUT2D eigenvalue weighted by Gasteiger charge is -2.27. The van der Waals surface area contributed by atoms with E-state index < -0.39 is 8.56 Å². The number of rotatable bonds is 4. The van der Waals surface area contributed by atoms with Crippen LogP contribution < -0.4 is 0 Å². The van der Waals surface area contributed by atoms with E-state index in [0.29, 0.717) is 0 Å². The molecule has 1 fully saturated rings. The number of fused-ring (bicyclic) bond motifs is 2. The monoisotopic (exact) mass is 226 g/mol. The van der Waals surface area contributed by atoms with Crippen molar-refractivity contribution in [2.45, 2.75) is 38.8 Å². The summed E-state index contributed by atoms with van der Waals surface area (Å²) in [5, 5.41) is 0. The van der Waals surface area contributed by atoms with Gasteiger partial charge in [0.05, 0.1) is 0 Å². The van der Waals surface area contributed by atoms with E-state index in [0.717, 1.165) is 17.9 Å². The molecular formula is C12H22O2Si. The predicted molar refractivity (Wildman–Crippen MR) is 64.0 cm³/mol. The maximum absolute atomic E-state index is 5.59. The second kappa shape index (κ2) is 4.04. The summed E-state index contributed by atoms with van der Waals surface area (Å²) in [6, 6.07) is 1.08. The van der Waals surface area contributed by atoms with E-state index in [1.54, 1.807) is 25.4 Å². The zero-order chi connectivity index (χ0) is 11.1. The van der Waals surface area contributed by atoms with Crippen molar-refractivity contribution in [3.63, 3.8) is 0 Å². The highest BCUT2D eigenvalue weighted by Gasteiger charge is 2.41. The molecule has 0 aromatic heterocycles. The molecule has 0 amide bonds. The van der Waals surface area contributed by atoms with Crippen LogP contribution in [0.3, 0.4) is 0 Å². The van der Waals surface area contributed by atoms with Gasteiger partial charge in [-0.3, -0.25) is 0 Å². The van der Waals surface area contributed by atoms with E-state index in [2.05, 4.69) is 13.5 Å². The number of allylic oxidation sites excluding steroid dienone is 2. The first-order valence-electron chi connectivity index (χ1n) is 5.89. The van der Waals surface area contributed by atoms with E-state index in [-0.39, 0.29) is 0 Å². The van der Waals surface area contributed by atoms with Crippen LogP contribution in [0.2, 0.25) is 12.6 Å². The first-order valence-corrected chi connectivity index (χ1v) is 8.42. The van der Waals surface area contributed by atoms with Crippen LogP contribution in [0.15, 0.2) is 11.1 Å². The Kier molecular flexibility index (Phi) is 3.06. The molecule has 0 aromatic carbocycles. The second-order valence-electron chi connectivity index (χ2n) is 5.13. The molecule has 0 saturated heterocycles. The van der Waals surface area contributed by atoms with Gasteiger partial charge in [-0.1, -0.05) is 11.1 Å². The van der Waals surface area contributed by atoms with E-state index in [1.807, 2.05) is 0 Å². The topological polar surface area (TPSA) is 18.5 Å². The molecule has 0 N–H and O–H groups in total. The molecule has 86 valence electrons. The van der Waals surface area contributed by atoms with Gasteiger partial charge in [0.15, 0.2) is 0 Å². The third-order valence-corrected chi connectivity index (χ3v) is 7.17. The Morgan fingerprint density at radius 1 is 1.20 bits per heavy atom. The van der Waals surface area contributed by atoms with Gasteiger partial charge >= 0.3 is 8.56 Å². The molecule has 2 rings (SSSR count). The van der Waals surface area contributed by atoms with Crippen LogP contribution in [0.4, 0.5) is 0 Å². The summed E-state index contributed by atoms with van der Waals surface area (Å²) >= 11 is 0. The smallest absolute Gasteiger partial charge is 0.338 e. The Balaban J connectivity index is 2.12. The van der Waals surface area contributed by atoms with Gasteiger partial charge in [-0.15, -0.1) is 0 Å². The largest absolute Gasteiger partial charge is 0.398 e. The Morgan fingerprint density at radius 3 is 2.27 bits per heavy atom. The molecule has 2 unspecified atom stereocenters. The summed E-state index contributed by atoms with van der Waals surface area (Å²) < 4.78 is 11.2. The molecule has 1 saturated carbocycles. The molecule has 0 spiro atoms. The Labute approximate surface area is 93.9 Å². The zero-order valence-electron chi connectivity index (χ0n) is 10.3. The van der Waals surface area contributed by atoms with E-state index in [1.165, 1.54) is 19.3 Å². The Hall–Kier alpha value is -0.123. The summed E-state index contributed by atoms with van der Waals surface area (Å²) in [6.45, 7) is 4.48. The van der Waals surface area contributed by atoms with Gasteiger partial charge in [-0.2, -0.15) is 0 Å². The molecule has 2 nitrogen and oxygen atoms in total. The van der Waals surface area contributed by atoms with Crippen molar-refractivity contribution in [3.05, 3.63) is 11.1 Å². The van der Waals surface area contributed by atoms with Gasteiger partial charge in [-0.05, 0) is 44.6 Å². The average molecular weight is 226 g/mol. The van der Waals surface area contributed by atoms with Crippen LogP contribution in [0.25, 0.3) is 0 Å². The van der Waals surface area contributed by atoms with E-state index >= 15 is 0 Å². The molecule has 0 aromatic rings. The summed E-state index contributed by atoms with van der Waals surface area (Å²) in [7, 11) is 1.68. The van der Waals surface area contributed by atoms with Crippen molar-refractivity contribution >= 4 is 8.56 Å². The highest BCUT2D eigenvalue weighted by molar-refractivity contribution is 6.66. The van der Waals surface area contributed by atoms with Crippen LogP contribution in [0, 0.1) is 11.8 Å². The maximum atomic E-state index is 5.59. The van der Waals surface area contributed by atoms with Gasteiger partial charge in [0, 0.05) is 20.3 Å². The molecule has 0 heterocycles. The third-order valence-electron chi connectivity index (χ3n) is 4.42. The van der Waals surface area contributed by atoms with Gasteiger partial charge in [0.1, 0.15) is 0 Å². The molecule has 3 heteroatoms. The van der Waals surface area contributed by atoms with Gasteiger partial charge < -0.3 is 8.85 Å². The zero-order valence-corrected chi connectivity index (χ0v) is 11.3. The minimum atomic E-state index is -1.90. The Morgan fingerprint density at radius 2 is 1.80 bits per heavy atom. The summed E-state index contributed by atoms with van der Waals surface area (Å²) in [4.78, 5) is 0. The Bertz CT molecular complexity index is 281. The molecule has 0 radical (unpaired) electrons. The van der Waals surface area contributed by atoms with E-state index in [9.17, 15) is 0 Å². The molecule has 2 bridgehead atoms. The number of hydrogen-bond donors (Lipinski definition) is 0. The SMILES string of the molecule is CO[Si](C)(CC1=C(C)C2CCC1C2)OC. The van der Waals surface area contributed by atoms with Crippen LogP contribution >= 0.6 is 0 Å². The first kappa shape index (κ1) is 11.4. The fourth-order valence-corrected chi connectivity index (χ4v) is 4.85. The first-order chi connectivity index (χ1) is 7.09. The summed E-state index contributed by atoms with van der Waals surface area (Å²) in [5.41, 5.74) is 3.32. The highest BCUT2D eigenvalue weighted by atomic mass is 28.4. The fourth-order valence-electron chi connectivity index (χ4n) is 3.13. The number of hydrogen-bond acceptors (Lipinski definition) is 2. The van der Waals surface area contributed by atoms with Crippen LogP contribution in [0.1, 0.15) is 26.2 Å². The molecule has 15 heavy (non-hydrogen) atoms. The molecule has 2 aliphatic carbocycles. The van der Waals surface area contributed by atoms with Crippen molar-refractivity contribution in [2.24, 2.45) is 11.8 Å². The van der Waals surface area contributed by atoms with Gasteiger partial charge in [-0.25, -0.2) is 0 Å². The summed E-state index contributed by atoms with van der Waals surface area (Å²) in [5.74, 6) is 1.74. The van der Waals surface area contributed by atoms with E-state index in [4.69, 9.17) is 8.85 Å². The normalized spacial score (nSPS) is 30.4. The molecule has 2 atom stereocenters.